The summed E-state index contributed by atoms with van der Waals surface area (Å²) in [7, 11) is 0. The first-order valence-corrected chi connectivity index (χ1v) is 8.65. The van der Waals surface area contributed by atoms with Crippen LogP contribution < -0.4 is 5.32 Å². The van der Waals surface area contributed by atoms with Gasteiger partial charge < -0.3 is 10.2 Å². The first-order chi connectivity index (χ1) is 11.7. The number of rotatable bonds is 2. The number of benzene rings is 1. The first kappa shape index (κ1) is 17.9. The average Bonchev–Trinajstić information content (AvgIpc) is 3.26. The van der Waals surface area contributed by atoms with E-state index in [9.17, 15) is 4.79 Å². The summed E-state index contributed by atoms with van der Waals surface area (Å²) < 4.78 is 1.67. The molecule has 2 aliphatic rings. The highest BCUT2D eigenvalue weighted by molar-refractivity contribution is 5.92. The molecule has 134 valence electrons. The highest BCUT2D eigenvalue weighted by Gasteiger charge is 2.38. The molecule has 1 spiro atoms. The predicted octanol–water partition coefficient (Wildman–Crippen LogP) is 2.21. The van der Waals surface area contributed by atoms with Crippen molar-refractivity contribution in [2.24, 2.45) is 5.41 Å². The van der Waals surface area contributed by atoms with Crippen molar-refractivity contribution in [2.75, 3.05) is 26.2 Å². The topological polar surface area (TPSA) is 63.1 Å². The highest BCUT2D eigenvalue weighted by Crippen LogP contribution is 2.37. The fourth-order valence-corrected chi connectivity index (χ4v) is 3.75. The van der Waals surface area contributed by atoms with Crippen LogP contribution >= 0.6 is 12.4 Å². The fraction of sp³-hybridized carbons (Fsp3) is 0.500. The summed E-state index contributed by atoms with van der Waals surface area (Å²) in [5.74, 6) is -0.00540. The maximum Gasteiger partial charge on any atom is 0.276 e. The smallest absolute Gasteiger partial charge is 0.276 e. The van der Waals surface area contributed by atoms with E-state index >= 15 is 0 Å². The van der Waals surface area contributed by atoms with E-state index in [1.54, 1.807) is 10.9 Å². The van der Waals surface area contributed by atoms with E-state index < -0.39 is 0 Å². The Kier molecular flexibility index (Phi) is 5.11. The Balaban J connectivity index is 0.00000182. The molecule has 1 amide bonds. The second kappa shape index (κ2) is 7.14. The summed E-state index contributed by atoms with van der Waals surface area (Å²) in [6, 6.07) is 8.02. The van der Waals surface area contributed by atoms with E-state index in [1.807, 2.05) is 36.1 Å². The van der Waals surface area contributed by atoms with Crippen LogP contribution in [0.1, 0.15) is 35.3 Å². The number of nitrogens with one attached hydrogen (secondary N) is 1. The molecule has 4 rings (SSSR count). The molecule has 2 aromatic rings. The molecule has 6 nitrogen and oxygen atoms in total. The predicted molar refractivity (Wildman–Crippen MR) is 98.4 cm³/mol. The van der Waals surface area contributed by atoms with Gasteiger partial charge in [-0.1, -0.05) is 22.9 Å². The number of hydrogen-bond acceptors (Lipinski definition) is 4. The highest BCUT2D eigenvalue weighted by atomic mass is 35.5. The molecule has 2 aliphatic heterocycles. The van der Waals surface area contributed by atoms with Gasteiger partial charge >= 0.3 is 0 Å². The maximum absolute atomic E-state index is 12.7. The minimum Gasteiger partial charge on any atom is -0.337 e. The number of carbonyl (C=O) groups is 1. The lowest BCUT2D eigenvalue weighted by molar-refractivity contribution is 0.0602. The number of aryl methyl sites for hydroxylation is 1. The molecule has 0 bridgehead atoms. The summed E-state index contributed by atoms with van der Waals surface area (Å²) in [4.78, 5) is 14.6. The molecule has 0 unspecified atom stereocenters. The van der Waals surface area contributed by atoms with Crippen LogP contribution in [0.3, 0.4) is 0 Å². The Labute approximate surface area is 154 Å². The minimum absolute atomic E-state index is 0. The largest absolute Gasteiger partial charge is 0.337 e. The zero-order chi connectivity index (χ0) is 16.6. The summed E-state index contributed by atoms with van der Waals surface area (Å²) in [6.45, 7) is 5.89. The van der Waals surface area contributed by atoms with Crippen LogP contribution in [0.2, 0.25) is 0 Å². The normalized spacial score (nSPS) is 19.0. The molecule has 2 fully saturated rings. The van der Waals surface area contributed by atoms with E-state index in [0.717, 1.165) is 44.7 Å². The number of piperidine rings is 1. The second-order valence-electron chi connectivity index (χ2n) is 7.10. The van der Waals surface area contributed by atoms with Gasteiger partial charge in [0.2, 0.25) is 0 Å². The number of amides is 1. The third-order valence-corrected chi connectivity index (χ3v) is 5.45. The van der Waals surface area contributed by atoms with Gasteiger partial charge in [0, 0.05) is 19.6 Å². The molecular weight excluding hydrogens is 338 g/mol. The van der Waals surface area contributed by atoms with Gasteiger partial charge in [0.25, 0.3) is 5.91 Å². The van der Waals surface area contributed by atoms with Gasteiger partial charge in [-0.2, -0.15) is 0 Å². The molecule has 3 heterocycles. The Morgan fingerprint density at radius 2 is 1.88 bits per heavy atom. The molecule has 0 saturated carbocycles. The van der Waals surface area contributed by atoms with Crippen LogP contribution in [0.15, 0.2) is 30.5 Å². The number of hydrogen-bond donors (Lipinski definition) is 1. The molecule has 1 N–H and O–H groups in total. The van der Waals surface area contributed by atoms with Gasteiger partial charge in [0.1, 0.15) is 0 Å². The molecule has 25 heavy (non-hydrogen) atoms. The summed E-state index contributed by atoms with van der Waals surface area (Å²) >= 11 is 0. The van der Waals surface area contributed by atoms with Crippen molar-refractivity contribution in [3.05, 3.63) is 41.7 Å². The van der Waals surface area contributed by atoms with Gasteiger partial charge in [0.15, 0.2) is 5.69 Å². The van der Waals surface area contributed by atoms with Crippen molar-refractivity contribution >= 4 is 18.3 Å². The first-order valence-electron chi connectivity index (χ1n) is 8.65. The van der Waals surface area contributed by atoms with Crippen LogP contribution in [0, 0.1) is 12.3 Å². The van der Waals surface area contributed by atoms with Gasteiger partial charge in [-0.25, -0.2) is 4.68 Å². The van der Waals surface area contributed by atoms with E-state index in [-0.39, 0.29) is 18.3 Å². The van der Waals surface area contributed by atoms with Gasteiger partial charge in [-0.05, 0) is 50.3 Å². The molecule has 1 aromatic carbocycles. The Morgan fingerprint density at radius 3 is 2.52 bits per heavy atom. The van der Waals surface area contributed by atoms with Crippen molar-refractivity contribution in [3.8, 4) is 5.69 Å². The molecule has 7 heteroatoms. The monoisotopic (exact) mass is 361 g/mol. The lowest BCUT2D eigenvalue weighted by Crippen LogP contribution is -2.44. The van der Waals surface area contributed by atoms with E-state index in [4.69, 9.17) is 0 Å². The number of nitrogens with zero attached hydrogens (tertiary/aromatic N) is 4. The van der Waals surface area contributed by atoms with Crippen LogP contribution in [0.25, 0.3) is 5.69 Å². The molecular formula is C18H24ClN5O. The maximum atomic E-state index is 12.7. The van der Waals surface area contributed by atoms with Crippen molar-refractivity contribution in [1.29, 1.82) is 0 Å². The van der Waals surface area contributed by atoms with Crippen LogP contribution in [0.5, 0.6) is 0 Å². The molecule has 2 saturated heterocycles. The molecule has 0 atom stereocenters. The third kappa shape index (κ3) is 3.55. The van der Waals surface area contributed by atoms with Crippen LogP contribution in [-0.4, -0.2) is 52.0 Å². The van der Waals surface area contributed by atoms with Crippen LogP contribution in [-0.2, 0) is 0 Å². The lowest BCUT2D eigenvalue weighted by Gasteiger charge is -2.38. The Hall–Kier alpha value is -1.92. The number of carbonyl (C=O) groups excluding carboxylic acids is 1. The Bertz CT molecular complexity index is 726. The zero-order valence-corrected chi connectivity index (χ0v) is 15.3. The van der Waals surface area contributed by atoms with Crippen LogP contribution in [0.4, 0.5) is 0 Å². The average molecular weight is 362 g/mol. The summed E-state index contributed by atoms with van der Waals surface area (Å²) in [5, 5.41) is 11.7. The standard InChI is InChI=1S/C18H23N5O.ClH/c1-14-2-4-15(5-3-14)23-12-16(20-21-23)17(24)22-10-7-18(8-11-22)6-9-19-13-18;/h2-5,12,19H,6-11,13H2,1H3;1H. The van der Waals surface area contributed by atoms with Crippen molar-refractivity contribution in [2.45, 2.75) is 26.2 Å². The molecule has 1 aromatic heterocycles. The number of likely N-dealkylation sites (tertiary alicyclic amines) is 1. The van der Waals surface area contributed by atoms with Crippen molar-refractivity contribution < 1.29 is 4.79 Å². The van der Waals surface area contributed by atoms with E-state index in [1.165, 1.54) is 12.0 Å². The number of halogens is 1. The summed E-state index contributed by atoms with van der Waals surface area (Å²) in [5.41, 5.74) is 2.95. The van der Waals surface area contributed by atoms with Crippen molar-refractivity contribution in [3.63, 3.8) is 0 Å². The fourth-order valence-electron chi connectivity index (χ4n) is 3.75. The van der Waals surface area contributed by atoms with Gasteiger partial charge in [-0.3, -0.25) is 4.79 Å². The lowest BCUT2D eigenvalue weighted by atomic mass is 9.78. The minimum atomic E-state index is -0.00540. The molecule has 0 aliphatic carbocycles. The zero-order valence-electron chi connectivity index (χ0n) is 14.4. The quantitative estimate of drug-likeness (QED) is 0.890. The van der Waals surface area contributed by atoms with Gasteiger partial charge in [-0.15, -0.1) is 17.5 Å². The number of aromatic nitrogens is 3. The molecule has 0 radical (unpaired) electrons. The van der Waals surface area contributed by atoms with E-state index in [0.29, 0.717) is 11.1 Å². The van der Waals surface area contributed by atoms with E-state index in [2.05, 4.69) is 15.6 Å². The summed E-state index contributed by atoms with van der Waals surface area (Å²) in [6.07, 6.45) is 5.13. The van der Waals surface area contributed by atoms with Crippen molar-refractivity contribution in [1.82, 2.24) is 25.2 Å². The second-order valence-corrected chi connectivity index (χ2v) is 7.10. The third-order valence-electron chi connectivity index (χ3n) is 5.45. The Morgan fingerprint density at radius 1 is 1.16 bits per heavy atom. The SMILES string of the molecule is Cc1ccc(-n2cc(C(=O)N3CCC4(CCNC4)CC3)nn2)cc1.Cl. The van der Waals surface area contributed by atoms with Gasteiger partial charge in [0.05, 0.1) is 11.9 Å².